The molecule has 0 atom stereocenters. The van der Waals surface area contributed by atoms with Gasteiger partial charge in [0, 0.05) is 19.3 Å². The monoisotopic (exact) mass is 212 g/mol. The zero-order chi connectivity index (χ0) is 11.3. The first-order chi connectivity index (χ1) is 6.81. The number of quaternary nitrogens is 1. The van der Waals surface area contributed by atoms with Gasteiger partial charge >= 0.3 is 5.97 Å². The molecular weight excluding hydrogens is 190 g/mol. The molecule has 3 rings (SSSR count). The predicted molar refractivity (Wildman–Crippen MR) is 58.5 cm³/mol. The summed E-state index contributed by atoms with van der Waals surface area (Å²) in [6.07, 6.45) is 5.92. The molecule has 15 heavy (non-hydrogen) atoms. The third kappa shape index (κ3) is 1.40. The average Bonchev–Trinajstić information content (AvgIpc) is 2.19. The van der Waals surface area contributed by atoms with Crippen molar-refractivity contribution in [3.63, 3.8) is 0 Å². The maximum Gasteiger partial charge on any atom is 0.309 e. The van der Waals surface area contributed by atoms with Crippen molar-refractivity contribution in [3.8, 4) is 0 Å². The second kappa shape index (κ2) is 2.97. The Kier molecular flexibility index (Phi) is 2.16. The van der Waals surface area contributed by atoms with E-state index in [2.05, 4.69) is 21.1 Å². The highest BCUT2D eigenvalue weighted by Crippen LogP contribution is 2.55. The van der Waals surface area contributed by atoms with Gasteiger partial charge in [0.05, 0.1) is 32.1 Å². The summed E-state index contributed by atoms with van der Waals surface area (Å²) in [7, 11) is 6.75. The fraction of sp³-hybridized carbons (Fsp3) is 0.917. The first kappa shape index (κ1) is 10.9. The molecule has 0 aliphatic heterocycles. The van der Waals surface area contributed by atoms with Gasteiger partial charge < -0.3 is 9.59 Å². The summed E-state index contributed by atoms with van der Waals surface area (Å²) in [5, 5.41) is 9.30. The van der Waals surface area contributed by atoms with E-state index >= 15 is 0 Å². The van der Waals surface area contributed by atoms with Crippen molar-refractivity contribution in [2.45, 2.75) is 44.1 Å². The van der Waals surface area contributed by atoms with Crippen LogP contribution in [0.1, 0.15) is 38.5 Å². The molecule has 0 saturated heterocycles. The highest BCUT2D eigenvalue weighted by atomic mass is 16.4. The van der Waals surface area contributed by atoms with E-state index in [0.717, 1.165) is 43.0 Å². The van der Waals surface area contributed by atoms with Crippen LogP contribution >= 0.6 is 0 Å². The third-order valence-corrected chi connectivity index (χ3v) is 5.08. The van der Waals surface area contributed by atoms with Crippen LogP contribution in [0.3, 0.4) is 0 Å². The fourth-order valence-corrected chi connectivity index (χ4v) is 3.49. The lowest BCUT2D eigenvalue weighted by Gasteiger charge is -2.57. The Balaban J connectivity index is 2.21. The topological polar surface area (TPSA) is 37.3 Å². The van der Waals surface area contributed by atoms with Crippen LogP contribution in [-0.2, 0) is 4.79 Å². The maximum absolute atomic E-state index is 11.3. The van der Waals surface area contributed by atoms with Gasteiger partial charge in [-0.25, -0.2) is 0 Å². The minimum absolute atomic E-state index is 0.358. The number of carboxylic acids is 1. The van der Waals surface area contributed by atoms with Crippen LogP contribution in [0, 0.1) is 5.41 Å². The molecule has 86 valence electrons. The number of carboxylic acid groups (broad SMARTS) is 1. The van der Waals surface area contributed by atoms with Crippen LogP contribution in [0.25, 0.3) is 0 Å². The second-order valence-electron chi connectivity index (χ2n) is 6.32. The first-order valence-corrected chi connectivity index (χ1v) is 5.86. The van der Waals surface area contributed by atoms with Gasteiger partial charge in [-0.05, 0) is 19.3 Å². The summed E-state index contributed by atoms with van der Waals surface area (Å²) >= 11 is 0. The zero-order valence-electron chi connectivity index (χ0n) is 10.0. The molecule has 0 aromatic heterocycles. The lowest BCUT2D eigenvalue weighted by molar-refractivity contribution is -0.928. The van der Waals surface area contributed by atoms with Crippen LogP contribution in [-0.4, -0.2) is 42.2 Å². The van der Waals surface area contributed by atoms with Crippen LogP contribution < -0.4 is 0 Å². The molecule has 0 unspecified atom stereocenters. The van der Waals surface area contributed by atoms with Crippen molar-refractivity contribution >= 4 is 5.97 Å². The molecule has 1 N–H and O–H groups in total. The number of carbonyl (C=O) groups is 1. The standard InChI is InChI=1S/C12H21NO2/c1-13(2,3)12-7-4-11(5-8-12,6-9-12)10(14)15/h4-9H2,1-3H3/p+1. The van der Waals surface area contributed by atoms with Gasteiger partial charge in [-0.2, -0.15) is 0 Å². The van der Waals surface area contributed by atoms with Crippen LogP contribution in [0.2, 0.25) is 0 Å². The lowest BCUT2D eigenvalue weighted by Crippen LogP contribution is -2.63. The van der Waals surface area contributed by atoms with Crippen LogP contribution in [0.4, 0.5) is 0 Å². The smallest absolute Gasteiger partial charge is 0.309 e. The zero-order valence-corrected chi connectivity index (χ0v) is 10.0. The second-order valence-corrected chi connectivity index (χ2v) is 6.32. The average molecular weight is 212 g/mol. The maximum atomic E-state index is 11.3. The minimum Gasteiger partial charge on any atom is -0.481 e. The quantitative estimate of drug-likeness (QED) is 0.709. The van der Waals surface area contributed by atoms with E-state index in [9.17, 15) is 9.90 Å². The van der Waals surface area contributed by atoms with Gasteiger partial charge in [-0.15, -0.1) is 0 Å². The molecule has 2 bridgehead atoms. The number of nitrogens with zero attached hydrogens (tertiary/aromatic N) is 1. The Morgan fingerprint density at radius 1 is 1.00 bits per heavy atom. The summed E-state index contributed by atoms with van der Waals surface area (Å²) in [5.41, 5.74) is -0.00583. The van der Waals surface area contributed by atoms with Crippen molar-refractivity contribution in [2.75, 3.05) is 21.1 Å². The number of aliphatic carboxylic acids is 1. The molecule has 3 aliphatic rings. The van der Waals surface area contributed by atoms with E-state index in [-0.39, 0.29) is 5.41 Å². The molecule has 0 amide bonds. The SMILES string of the molecule is C[N+](C)(C)C12CCC(C(=O)O)(CC1)CC2. The molecule has 0 radical (unpaired) electrons. The van der Waals surface area contributed by atoms with E-state index in [1.807, 2.05) is 0 Å². The first-order valence-electron chi connectivity index (χ1n) is 5.86. The molecular formula is C12H22NO2+. The Morgan fingerprint density at radius 2 is 1.40 bits per heavy atom. The van der Waals surface area contributed by atoms with Gasteiger partial charge in [0.2, 0.25) is 0 Å². The molecule has 3 saturated carbocycles. The summed E-state index contributed by atoms with van der Waals surface area (Å²) in [6, 6.07) is 0. The highest BCUT2D eigenvalue weighted by molar-refractivity contribution is 5.75. The molecule has 0 heterocycles. The predicted octanol–water partition coefficient (Wildman–Crippen LogP) is 1.87. The normalized spacial score (nSPS) is 40.5. The summed E-state index contributed by atoms with van der Waals surface area (Å²) in [4.78, 5) is 11.3. The Labute approximate surface area is 91.7 Å². The van der Waals surface area contributed by atoms with E-state index in [4.69, 9.17) is 0 Å². The van der Waals surface area contributed by atoms with Gasteiger partial charge in [0.25, 0.3) is 0 Å². The van der Waals surface area contributed by atoms with Crippen LogP contribution in [0.15, 0.2) is 0 Å². The molecule has 3 heteroatoms. The van der Waals surface area contributed by atoms with Crippen molar-refractivity contribution < 1.29 is 14.4 Å². The molecule has 3 nitrogen and oxygen atoms in total. The van der Waals surface area contributed by atoms with E-state index in [1.54, 1.807) is 0 Å². The highest BCUT2D eigenvalue weighted by Gasteiger charge is 2.57. The van der Waals surface area contributed by atoms with E-state index in [1.165, 1.54) is 0 Å². The van der Waals surface area contributed by atoms with Crippen molar-refractivity contribution in [3.05, 3.63) is 0 Å². The molecule has 3 aliphatic carbocycles. The molecule has 0 aromatic rings. The van der Waals surface area contributed by atoms with Gasteiger partial charge in [-0.3, -0.25) is 4.79 Å². The van der Waals surface area contributed by atoms with Gasteiger partial charge in [-0.1, -0.05) is 0 Å². The van der Waals surface area contributed by atoms with E-state index < -0.39 is 5.97 Å². The third-order valence-electron chi connectivity index (χ3n) is 5.08. The Bertz CT molecular complexity index is 266. The Morgan fingerprint density at radius 3 is 1.67 bits per heavy atom. The van der Waals surface area contributed by atoms with Crippen molar-refractivity contribution in [1.82, 2.24) is 0 Å². The minimum atomic E-state index is -0.558. The van der Waals surface area contributed by atoms with E-state index in [0.29, 0.717) is 5.54 Å². The molecule has 0 spiro atoms. The largest absolute Gasteiger partial charge is 0.481 e. The van der Waals surface area contributed by atoms with Crippen molar-refractivity contribution in [2.24, 2.45) is 5.41 Å². The molecule has 3 fully saturated rings. The lowest BCUT2D eigenvalue weighted by atomic mass is 9.56. The summed E-state index contributed by atoms with van der Waals surface area (Å²) < 4.78 is 0.989. The number of hydrogen-bond donors (Lipinski definition) is 1. The number of fused-ring (bicyclic) bond motifs is 3. The fourth-order valence-electron chi connectivity index (χ4n) is 3.49. The van der Waals surface area contributed by atoms with Crippen molar-refractivity contribution in [1.29, 1.82) is 0 Å². The number of rotatable bonds is 2. The summed E-state index contributed by atoms with van der Waals surface area (Å²) in [6.45, 7) is 0. The molecule has 0 aromatic carbocycles. The number of hydrogen-bond acceptors (Lipinski definition) is 1. The van der Waals surface area contributed by atoms with Gasteiger partial charge in [0.15, 0.2) is 0 Å². The van der Waals surface area contributed by atoms with Crippen LogP contribution in [0.5, 0.6) is 0 Å². The summed E-state index contributed by atoms with van der Waals surface area (Å²) in [5.74, 6) is -0.558. The van der Waals surface area contributed by atoms with Gasteiger partial charge in [0.1, 0.15) is 0 Å². The Hall–Kier alpha value is -0.570.